The summed E-state index contributed by atoms with van der Waals surface area (Å²) in [6.45, 7) is 3.40. The maximum atomic E-state index is 12.3. The van der Waals surface area contributed by atoms with E-state index in [4.69, 9.17) is 11.6 Å². The number of hydrogen-bond donors (Lipinski definition) is 1. The van der Waals surface area contributed by atoms with Gasteiger partial charge in [0, 0.05) is 31.4 Å². The first kappa shape index (κ1) is 17.2. The van der Waals surface area contributed by atoms with Crippen LogP contribution in [0.1, 0.15) is 35.8 Å². The van der Waals surface area contributed by atoms with Crippen molar-refractivity contribution in [2.75, 3.05) is 18.9 Å². The van der Waals surface area contributed by atoms with Gasteiger partial charge in [-0.05, 0) is 30.2 Å². The first-order valence-electron chi connectivity index (χ1n) is 7.67. The maximum absolute atomic E-state index is 12.3. The Morgan fingerprint density at radius 3 is 2.70 bits per heavy atom. The molecule has 23 heavy (non-hydrogen) atoms. The minimum Gasteiger partial charge on any atom is -0.350 e. The summed E-state index contributed by atoms with van der Waals surface area (Å²) >= 11 is 5.86. The number of nitrogens with zero attached hydrogens (tertiary/aromatic N) is 3. The Kier molecular flexibility index (Phi) is 6.35. The van der Waals surface area contributed by atoms with Crippen LogP contribution in [0.25, 0.3) is 0 Å². The van der Waals surface area contributed by atoms with Crippen LogP contribution in [-0.4, -0.2) is 34.4 Å². The van der Waals surface area contributed by atoms with Crippen LogP contribution < -0.4 is 5.32 Å². The molecule has 0 saturated heterocycles. The molecule has 1 aromatic carbocycles. The quantitative estimate of drug-likeness (QED) is 0.841. The van der Waals surface area contributed by atoms with E-state index in [0.717, 1.165) is 24.9 Å². The number of amides is 1. The predicted molar refractivity (Wildman–Crippen MR) is 92.7 cm³/mol. The number of rotatable bonds is 7. The molecule has 0 aliphatic carbocycles. The fourth-order valence-corrected chi connectivity index (χ4v) is 2.16. The Morgan fingerprint density at radius 1 is 1.26 bits per heavy atom. The number of aromatic nitrogens is 2. The summed E-state index contributed by atoms with van der Waals surface area (Å²) in [5.41, 5.74) is 1.46. The maximum Gasteiger partial charge on any atom is 0.272 e. The van der Waals surface area contributed by atoms with E-state index in [1.807, 2.05) is 24.3 Å². The van der Waals surface area contributed by atoms with Gasteiger partial charge in [0.05, 0.1) is 0 Å². The first-order chi connectivity index (χ1) is 11.1. The topological polar surface area (TPSA) is 58.1 Å². The molecule has 0 aliphatic heterocycles. The van der Waals surface area contributed by atoms with Gasteiger partial charge in [-0.1, -0.05) is 37.1 Å². The highest BCUT2D eigenvalue weighted by molar-refractivity contribution is 6.30. The van der Waals surface area contributed by atoms with Crippen molar-refractivity contribution in [3.05, 3.63) is 52.8 Å². The van der Waals surface area contributed by atoms with Crippen molar-refractivity contribution in [3.63, 3.8) is 0 Å². The van der Waals surface area contributed by atoms with E-state index >= 15 is 0 Å². The van der Waals surface area contributed by atoms with Gasteiger partial charge >= 0.3 is 0 Å². The number of carbonyl (C=O) groups excluding carboxylic acids is 1. The molecule has 0 unspecified atom stereocenters. The summed E-state index contributed by atoms with van der Waals surface area (Å²) in [6, 6.07) is 9.17. The molecule has 0 aliphatic rings. The number of nitrogens with one attached hydrogen (secondary N) is 1. The average molecular weight is 333 g/mol. The van der Waals surface area contributed by atoms with Crippen LogP contribution in [0, 0.1) is 0 Å². The molecule has 0 saturated carbocycles. The molecule has 2 rings (SSSR count). The SMILES string of the molecule is CCCCN(C)C(=O)c1ccnc(NCc2ccc(Cl)cc2)n1. The van der Waals surface area contributed by atoms with Gasteiger partial charge in [0.1, 0.15) is 5.69 Å². The number of halogens is 1. The van der Waals surface area contributed by atoms with Gasteiger partial charge < -0.3 is 10.2 Å². The van der Waals surface area contributed by atoms with Crippen molar-refractivity contribution in [3.8, 4) is 0 Å². The van der Waals surface area contributed by atoms with Crippen LogP contribution in [0.4, 0.5) is 5.95 Å². The molecule has 122 valence electrons. The van der Waals surface area contributed by atoms with Gasteiger partial charge in [0.15, 0.2) is 0 Å². The number of hydrogen-bond acceptors (Lipinski definition) is 4. The minimum atomic E-state index is -0.0876. The molecular formula is C17H21ClN4O. The van der Waals surface area contributed by atoms with Crippen LogP contribution in [-0.2, 0) is 6.54 Å². The molecular weight excluding hydrogens is 312 g/mol. The first-order valence-corrected chi connectivity index (χ1v) is 8.04. The molecule has 1 heterocycles. The Balaban J connectivity index is 1.98. The molecule has 0 radical (unpaired) electrons. The van der Waals surface area contributed by atoms with Crippen LogP contribution in [0.2, 0.25) is 5.02 Å². The summed E-state index contributed by atoms with van der Waals surface area (Å²) < 4.78 is 0. The Morgan fingerprint density at radius 2 is 2.00 bits per heavy atom. The van der Waals surface area contributed by atoms with Gasteiger partial charge in [-0.2, -0.15) is 0 Å². The molecule has 2 aromatic rings. The Hall–Kier alpha value is -2.14. The fourth-order valence-electron chi connectivity index (χ4n) is 2.04. The molecule has 1 aromatic heterocycles. The van der Waals surface area contributed by atoms with Crippen molar-refractivity contribution in [1.29, 1.82) is 0 Å². The molecule has 6 heteroatoms. The van der Waals surface area contributed by atoms with E-state index < -0.39 is 0 Å². The highest BCUT2D eigenvalue weighted by atomic mass is 35.5. The zero-order chi connectivity index (χ0) is 16.7. The molecule has 0 bridgehead atoms. The molecule has 5 nitrogen and oxygen atoms in total. The van der Waals surface area contributed by atoms with Crippen LogP contribution >= 0.6 is 11.6 Å². The van der Waals surface area contributed by atoms with Crippen LogP contribution in [0.15, 0.2) is 36.5 Å². The largest absolute Gasteiger partial charge is 0.350 e. The van der Waals surface area contributed by atoms with Gasteiger partial charge in [-0.3, -0.25) is 4.79 Å². The third-order valence-corrected chi connectivity index (χ3v) is 3.68. The Bertz CT molecular complexity index is 645. The van der Waals surface area contributed by atoms with Crippen LogP contribution in [0.5, 0.6) is 0 Å². The van der Waals surface area contributed by atoms with E-state index in [2.05, 4.69) is 22.2 Å². The second-order valence-corrected chi connectivity index (χ2v) is 5.76. The molecule has 1 amide bonds. The van der Waals surface area contributed by atoms with Gasteiger partial charge in [0.2, 0.25) is 5.95 Å². The zero-order valence-corrected chi connectivity index (χ0v) is 14.2. The molecule has 0 spiro atoms. The third-order valence-electron chi connectivity index (χ3n) is 3.43. The molecule has 1 N–H and O–H groups in total. The third kappa shape index (κ3) is 5.21. The number of carbonyl (C=O) groups is 1. The lowest BCUT2D eigenvalue weighted by atomic mass is 10.2. The molecule has 0 atom stereocenters. The van der Waals surface area contributed by atoms with Crippen LogP contribution in [0.3, 0.4) is 0 Å². The summed E-state index contributed by atoms with van der Waals surface area (Å²) in [4.78, 5) is 22.4. The summed E-state index contributed by atoms with van der Waals surface area (Å²) in [7, 11) is 1.79. The lowest BCUT2D eigenvalue weighted by Crippen LogP contribution is -2.28. The lowest BCUT2D eigenvalue weighted by molar-refractivity contribution is 0.0787. The van der Waals surface area contributed by atoms with Crippen molar-refractivity contribution < 1.29 is 4.79 Å². The summed E-state index contributed by atoms with van der Waals surface area (Å²) in [6.07, 6.45) is 3.63. The van der Waals surface area contributed by atoms with Crippen molar-refractivity contribution in [2.24, 2.45) is 0 Å². The second-order valence-electron chi connectivity index (χ2n) is 5.33. The van der Waals surface area contributed by atoms with E-state index in [9.17, 15) is 4.79 Å². The van der Waals surface area contributed by atoms with Gasteiger partial charge in [-0.25, -0.2) is 9.97 Å². The minimum absolute atomic E-state index is 0.0876. The number of unbranched alkanes of at least 4 members (excludes halogenated alkanes) is 1. The van der Waals surface area contributed by atoms with Gasteiger partial charge in [-0.15, -0.1) is 0 Å². The van der Waals surface area contributed by atoms with E-state index in [-0.39, 0.29) is 5.91 Å². The normalized spacial score (nSPS) is 10.4. The average Bonchev–Trinajstić information content (AvgIpc) is 2.58. The summed E-state index contributed by atoms with van der Waals surface area (Å²) in [5, 5.41) is 3.82. The standard InChI is InChI=1S/C17H21ClN4O/c1-3-4-11-22(2)16(23)15-9-10-19-17(21-15)20-12-13-5-7-14(18)8-6-13/h5-10H,3-4,11-12H2,1-2H3,(H,19,20,21). The lowest BCUT2D eigenvalue weighted by Gasteiger charge is -2.16. The van der Waals surface area contributed by atoms with E-state index in [1.54, 1.807) is 24.2 Å². The predicted octanol–water partition coefficient (Wildman–Crippen LogP) is 3.61. The fraction of sp³-hybridized carbons (Fsp3) is 0.353. The highest BCUT2D eigenvalue weighted by Gasteiger charge is 2.13. The zero-order valence-electron chi connectivity index (χ0n) is 13.4. The number of benzene rings is 1. The highest BCUT2D eigenvalue weighted by Crippen LogP contribution is 2.11. The summed E-state index contributed by atoms with van der Waals surface area (Å²) in [5.74, 6) is 0.352. The van der Waals surface area contributed by atoms with Crippen molar-refractivity contribution >= 4 is 23.5 Å². The second kappa shape index (κ2) is 8.48. The Labute approximate surface area is 141 Å². The van der Waals surface area contributed by atoms with Crippen molar-refractivity contribution in [2.45, 2.75) is 26.3 Å². The van der Waals surface area contributed by atoms with E-state index in [0.29, 0.717) is 23.2 Å². The monoisotopic (exact) mass is 332 g/mol. The smallest absolute Gasteiger partial charge is 0.272 e. The molecule has 0 fully saturated rings. The van der Waals surface area contributed by atoms with Crippen molar-refractivity contribution in [1.82, 2.24) is 14.9 Å². The van der Waals surface area contributed by atoms with Gasteiger partial charge in [0.25, 0.3) is 5.91 Å². The number of anilines is 1. The van der Waals surface area contributed by atoms with E-state index in [1.165, 1.54) is 0 Å².